The number of nitrogens with zero attached hydrogens (tertiary/aromatic N) is 2. The van der Waals surface area contributed by atoms with Gasteiger partial charge in [-0.25, -0.2) is 0 Å². The molecule has 0 aliphatic carbocycles. The van der Waals surface area contributed by atoms with E-state index >= 15 is 0 Å². The quantitative estimate of drug-likeness (QED) is 0.601. The van der Waals surface area contributed by atoms with Crippen molar-refractivity contribution in [3.63, 3.8) is 0 Å². The summed E-state index contributed by atoms with van der Waals surface area (Å²) in [6.07, 6.45) is 1.73. The molecule has 1 heterocycles. The van der Waals surface area contributed by atoms with E-state index in [1.807, 2.05) is 13.8 Å². The Hall–Kier alpha value is -1.26. The number of hydrogen-bond donors (Lipinski definition) is 2. The number of likely N-dealkylation sites (tertiary alicyclic amines) is 1. The molecule has 0 aromatic heterocycles. The van der Waals surface area contributed by atoms with Gasteiger partial charge >= 0.3 is 0 Å². The topological polar surface area (TPSA) is 56.7 Å². The van der Waals surface area contributed by atoms with Gasteiger partial charge in [0.2, 0.25) is 5.91 Å². The maximum Gasteiger partial charge on any atom is 0.222 e. The molecule has 2 unspecified atom stereocenters. The van der Waals surface area contributed by atoms with Crippen LogP contribution in [0.25, 0.3) is 0 Å². The summed E-state index contributed by atoms with van der Waals surface area (Å²) >= 11 is 0. The number of hydrogen-bond acceptors (Lipinski definition) is 2. The highest BCUT2D eigenvalue weighted by molar-refractivity contribution is 5.81. The summed E-state index contributed by atoms with van der Waals surface area (Å²) in [4.78, 5) is 18.6. The van der Waals surface area contributed by atoms with Gasteiger partial charge in [-0.1, -0.05) is 13.8 Å². The zero-order chi connectivity index (χ0) is 15.8. The molecule has 0 aromatic rings. The van der Waals surface area contributed by atoms with Gasteiger partial charge in [-0.05, 0) is 39.0 Å². The lowest BCUT2D eigenvalue weighted by Crippen LogP contribution is -2.48. The van der Waals surface area contributed by atoms with Gasteiger partial charge in [0.25, 0.3) is 0 Å². The molecule has 5 heteroatoms. The lowest BCUT2D eigenvalue weighted by molar-refractivity contribution is -0.121. The van der Waals surface area contributed by atoms with Crippen molar-refractivity contribution in [1.29, 1.82) is 0 Å². The van der Waals surface area contributed by atoms with E-state index in [0.717, 1.165) is 25.6 Å². The molecule has 1 fully saturated rings. The normalized spacial score (nSPS) is 23.3. The van der Waals surface area contributed by atoms with Gasteiger partial charge in [0.1, 0.15) is 0 Å². The average Bonchev–Trinajstić information content (AvgIpc) is 2.35. The Morgan fingerprint density at radius 3 is 2.43 bits per heavy atom. The molecule has 5 nitrogen and oxygen atoms in total. The van der Waals surface area contributed by atoms with E-state index in [0.29, 0.717) is 24.8 Å². The lowest BCUT2D eigenvalue weighted by atomic mass is 9.92. The minimum absolute atomic E-state index is 0.0741. The van der Waals surface area contributed by atoms with E-state index in [-0.39, 0.29) is 11.9 Å². The number of rotatable bonds is 5. The minimum Gasteiger partial charge on any atom is -0.357 e. The fraction of sp³-hybridized carbons (Fsp3) is 0.875. The Labute approximate surface area is 129 Å². The highest BCUT2D eigenvalue weighted by Gasteiger charge is 2.23. The van der Waals surface area contributed by atoms with Gasteiger partial charge in [-0.15, -0.1) is 0 Å². The van der Waals surface area contributed by atoms with Crippen LogP contribution in [0.15, 0.2) is 4.99 Å². The molecule has 0 saturated carbocycles. The van der Waals surface area contributed by atoms with Crippen LogP contribution in [0.4, 0.5) is 0 Å². The van der Waals surface area contributed by atoms with Crippen LogP contribution in [0.5, 0.6) is 0 Å². The summed E-state index contributed by atoms with van der Waals surface area (Å²) in [5.74, 6) is 2.42. The SMILES string of the molecule is CCNC(=NCCC(=O)NC(C)C)N1CC(C)CC(C)C1. The summed E-state index contributed by atoms with van der Waals surface area (Å²) in [6.45, 7) is 14.1. The number of guanidine groups is 1. The Kier molecular flexibility index (Phi) is 7.54. The van der Waals surface area contributed by atoms with Gasteiger partial charge in [0.05, 0.1) is 6.54 Å². The average molecular weight is 296 g/mol. The fourth-order valence-electron chi connectivity index (χ4n) is 2.92. The van der Waals surface area contributed by atoms with E-state index in [2.05, 4.69) is 41.3 Å². The Morgan fingerprint density at radius 1 is 1.29 bits per heavy atom. The Balaban J connectivity index is 2.55. The number of amides is 1. The molecule has 1 saturated heterocycles. The van der Waals surface area contributed by atoms with Crippen molar-refractivity contribution >= 4 is 11.9 Å². The third kappa shape index (κ3) is 6.82. The standard InChI is InChI=1S/C16H32N4O/c1-6-17-16(18-8-7-15(21)19-12(2)3)20-10-13(4)9-14(5)11-20/h12-14H,6-11H2,1-5H3,(H,17,18)(H,19,21). The van der Waals surface area contributed by atoms with Crippen molar-refractivity contribution in [2.24, 2.45) is 16.8 Å². The van der Waals surface area contributed by atoms with Gasteiger partial charge in [-0.3, -0.25) is 9.79 Å². The zero-order valence-electron chi connectivity index (χ0n) is 14.3. The fourth-order valence-corrected chi connectivity index (χ4v) is 2.92. The maximum absolute atomic E-state index is 11.7. The number of aliphatic imine (C=N–C) groups is 1. The summed E-state index contributed by atoms with van der Waals surface area (Å²) in [5.41, 5.74) is 0. The third-order valence-electron chi connectivity index (χ3n) is 3.55. The van der Waals surface area contributed by atoms with Crippen molar-refractivity contribution in [1.82, 2.24) is 15.5 Å². The highest BCUT2D eigenvalue weighted by atomic mass is 16.1. The number of nitrogens with one attached hydrogen (secondary N) is 2. The second-order valence-corrected chi connectivity index (χ2v) is 6.56. The first kappa shape index (κ1) is 17.8. The predicted octanol–water partition coefficient (Wildman–Crippen LogP) is 1.84. The lowest BCUT2D eigenvalue weighted by Gasteiger charge is -2.37. The molecule has 122 valence electrons. The summed E-state index contributed by atoms with van der Waals surface area (Å²) in [5, 5.41) is 6.25. The van der Waals surface area contributed by atoms with Crippen LogP contribution in [0.2, 0.25) is 0 Å². The van der Waals surface area contributed by atoms with Crippen LogP contribution >= 0.6 is 0 Å². The van der Waals surface area contributed by atoms with Gasteiger partial charge in [-0.2, -0.15) is 0 Å². The first-order valence-corrected chi connectivity index (χ1v) is 8.25. The zero-order valence-corrected chi connectivity index (χ0v) is 14.3. The number of carbonyl (C=O) groups is 1. The van der Waals surface area contributed by atoms with E-state index in [9.17, 15) is 4.79 Å². The van der Waals surface area contributed by atoms with E-state index in [1.165, 1.54) is 6.42 Å². The summed E-state index contributed by atoms with van der Waals surface area (Å²) in [6, 6.07) is 0.193. The molecular weight excluding hydrogens is 264 g/mol. The third-order valence-corrected chi connectivity index (χ3v) is 3.55. The molecule has 1 aliphatic heterocycles. The molecular formula is C16H32N4O. The predicted molar refractivity (Wildman–Crippen MR) is 88.4 cm³/mol. The van der Waals surface area contributed by atoms with Gasteiger partial charge < -0.3 is 15.5 Å². The largest absolute Gasteiger partial charge is 0.357 e. The minimum atomic E-state index is 0.0741. The van der Waals surface area contributed by atoms with Crippen LogP contribution in [-0.2, 0) is 4.79 Å². The number of carbonyl (C=O) groups excluding carboxylic acids is 1. The van der Waals surface area contributed by atoms with Gasteiger partial charge in [0, 0.05) is 32.1 Å². The molecule has 2 N–H and O–H groups in total. The van der Waals surface area contributed by atoms with Crippen LogP contribution in [0, 0.1) is 11.8 Å². The summed E-state index contributed by atoms with van der Waals surface area (Å²) in [7, 11) is 0. The smallest absolute Gasteiger partial charge is 0.222 e. The summed E-state index contributed by atoms with van der Waals surface area (Å²) < 4.78 is 0. The van der Waals surface area contributed by atoms with Crippen molar-refractivity contribution in [2.75, 3.05) is 26.2 Å². The Bertz CT molecular complexity index is 344. The maximum atomic E-state index is 11.7. The monoisotopic (exact) mass is 296 g/mol. The Morgan fingerprint density at radius 2 is 1.90 bits per heavy atom. The molecule has 1 amide bonds. The molecule has 1 aliphatic rings. The van der Waals surface area contributed by atoms with E-state index in [1.54, 1.807) is 0 Å². The van der Waals surface area contributed by atoms with Crippen molar-refractivity contribution in [3.05, 3.63) is 0 Å². The van der Waals surface area contributed by atoms with Crippen molar-refractivity contribution in [3.8, 4) is 0 Å². The first-order valence-electron chi connectivity index (χ1n) is 8.25. The molecule has 2 atom stereocenters. The van der Waals surface area contributed by atoms with Crippen molar-refractivity contribution < 1.29 is 4.79 Å². The molecule has 21 heavy (non-hydrogen) atoms. The van der Waals surface area contributed by atoms with Crippen LogP contribution in [-0.4, -0.2) is 49.0 Å². The van der Waals surface area contributed by atoms with Crippen LogP contribution in [0.3, 0.4) is 0 Å². The second kappa shape index (κ2) is 8.90. The van der Waals surface area contributed by atoms with Crippen molar-refractivity contribution in [2.45, 2.75) is 53.5 Å². The molecule has 0 spiro atoms. The van der Waals surface area contributed by atoms with Gasteiger partial charge in [0.15, 0.2) is 5.96 Å². The first-order chi connectivity index (χ1) is 9.92. The molecule has 0 radical (unpaired) electrons. The van der Waals surface area contributed by atoms with Crippen LogP contribution in [0.1, 0.15) is 47.5 Å². The van der Waals surface area contributed by atoms with Crippen LogP contribution < -0.4 is 10.6 Å². The number of piperidine rings is 1. The molecule has 0 aromatic carbocycles. The van der Waals surface area contributed by atoms with E-state index in [4.69, 9.17) is 0 Å². The second-order valence-electron chi connectivity index (χ2n) is 6.56. The highest BCUT2D eigenvalue weighted by Crippen LogP contribution is 2.20. The molecule has 0 bridgehead atoms. The van der Waals surface area contributed by atoms with E-state index < -0.39 is 0 Å². The molecule has 1 rings (SSSR count).